The van der Waals surface area contributed by atoms with E-state index in [0.717, 1.165) is 21.8 Å². The summed E-state index contributed by atoms with van der Waals surface area (Å²) < 4.78 is 30.1. The van der Waals surface area contributed by atoms with Crippen LogP contribution in [0.2, 0.25) is 15.5 Å². The molecule has 2 aromatic carbocycles. The number of benzene rings is 2. The van der Waals surface area contributed by atoms with Gasteiger partial charge in [-0.25, -0.2) is 0 Å². The Balaban J connectivity index is 1.64. The smallest absolute Gasteiger partial charge is 0.348 e. The van der Waals surface area contributed by atoms with Crippen LogP contribution in [0.15, 0.2) is 42.5 Å². The second-order valence-electron chi connectivity index (χ2n) is 12.0. The van der Waals surface area contributed by atoms with Crippen molar-refractivity contribution in [3.63, 3.8) is 0 Å². The first kappa shape index (κ1) is 30.2. The number of carbonyl (C=O) groups excluding carboxylic acids is 4. The van der Waals surface area contributed by atoms with Gasteiger partial charge in [-0.2, -0.15) is 8.78 Å². The number of alkyl halides is 2. The van der Waals surface area contributed by atoms with Crippen LogP contribution in [0.25, 0.3) is 0 Å². The minimum absolute atomic E-state index is 0.0943. The van der Waals surface area contributed by atoms with Gasteiger partial charge in [0.2, 0.25) is 27.8 Å². The number of imide groups is 1. The zero-order chi connectivity index (χ0) is 30.2. The van der Waals surface area contributed by atoms with Gasteiger partial charge in [0.25, 0.3) is 11.8 Å². The molecular weight excluding hydrogens is 530 g/mol. The number of nitrogens with zero attached hydrogens (tertiary/aromatic N) is 3. The number of fused-ring (bicyclic) bond motifs is 1. The molecule has 0 saturated carbocycles. The molecule has 4 amide bonds. The fourth-order valence-electron chi connectivity index (χ4n) is 5.80. The lowest BCUT2D eigenvalue weighted by Crippen LogP contribution is -2.75. The Labute approximate surface area is 244 Å². The van der Waals surface area contributed by atoms with Crippen LogP contribution in [0.5, 0.6) is 0 Å². The molecule has 0 aliphatic carbocycles. The Bertz CT molecular complexity index is 1450. The maximum atomic E-state index is 15.1. The van der Waals surface area contributed by atoms with Crippen LogP contribution in [-0.2, 0) is 26.9 Å². The first-order chi connectivity index (χ1) is 18.3. The van der Waals surface area contributed by atoms with Crippen LogP contribution in [0.1, 0.15) is 33.0 Å². The van der Waals surface area contributed by atoms with Crippen LogP contribution in [-0.4, -0.2) is 107 Å². The lowest BCUT2D eigenvalue weighted by molar-refractivity contribution is -0.154. The average molecular weight is 556 g/mol. The Hall–Kier alpha value is -2.81. The predicted molar refractivity (Wildman–Crippen MR) is 170 cm³/mol. The van der Waals surface area contributed by atoms with Crippen LogP contribution in [0.4, 0.5) is 8.78 Å². The van der Waals surface area contributed by atoms with Crippen molar-refractivity contribution in [2.45, 2.75) is 34.3 Å². The fraction of sp³-hybridized carbons (Fsp3) is 0.273. The zero-order valence-corrected chi connectivity index (χ0v) is 24.7. The maximum absolute atomic E-state index is 15.1. The van der Waals surface area contributed by atoms with Crippen molar-refractivity contribution in [2.24, 2.45) is 0 Å². The average Bonchev–Trinajstić information content (AvgIpc) is 3.25. The van der Waals surface area contributed by atoms with E-state index >= 15 is 8.78 Å². The number of hydrogen-bond acceptors (Lipinski definition) is 4. The van der Waals surface area contributed by atoms with Gasteiger partial charge in [-0.1, -0.05) is 41.1 Å². The van der Waals surface area contributed by atoms with Crippen LogP contribution in [0, 0.1) is 0 Å². The summed E-state index contributed by atoms with van der Waals surface area (Å²) in [5, 5.41) is -1.59. The topological polar surface area (TPSA) is 78.0 Å². The number of carbonyl (C=O) groups is 4. The monoisotopic (exact) mass is 557 g/mol. The number of halogens is 3. The SMILES string of the molecule is BC(c1ccc2c(c1)CN([C@@]1(B)C(=O)N(B)C(=O)C(B)(B)C1(B)B)C2=O)N(B)C(=O)C(F)(F)c1ccc(Cl)cc1. The number of hydrogen-bond donors (Lipinski definition) is 0. The van der Waals surface area contributed by atoms with E-state index in [0.29, 0.717) is 16.7 Å². The number of rotatable bonds is 5. The summed E-state index contributed by atoms with van der Waals surface area (Å²) in [5.41, 5.74) is -0.242. The predicted octanol–water partition coefficient (Wildman–Crippen LogP) is -4.89. The molecular formula is C22H26B8ClF2N3O4. The normalized spacial score (nSPS) is 22.6. The van der Waals surface area contributed by atoms with Crippen molar-refractivity contribution in [1.82, 2.24) is 14.5 Å². The third-order valence-corrected chi connectivity index (χ3v) is 9.92. The van der Waals surface area contributed by atoms with Crippen molar-refractivity contribution in [1.29, 1.82) is 0 Å². The molecule has 198 valence electrons. The molecule has 40 heavy (non-hydrogen) atoms. The summed E-state index contributed by atoms with van der Waals surface area (Å²) in [4.78, 5) is 56.7. The molecule has 1 unspecified atom stereocenters. The zero-order valence-electron chi connectivity index (χ0n) is 23.9. The Morgan fingerprint density at radius 2 is 1.57 bits per heavy atom. The standard InChI is InChI=1S/C22H26B8ClF2N3O4/c23-14(35(29)16(38)19(32,33)11-2-4-12(31)5-3-11)9-1-6-13-10(7-9)8-34(15(13)37)21(26)18(40)36(30)17(39)20(24,25)22(21,27)28/h1-7,14H,8,23-30H2/t14?,21-/m0/s1. The molecule has 2 atom stereocenters. The second-order valence-corrected chi connectivity index (χ2v) is 12.4. The molecule has 1 saturated heterocycles. The lowest BCUT2D eigenvalue weighted by atomic mass is 9.21. The van der Waals surface area contributed by atoms with Gasteiger partial charge < -0.3 is 14.5 Å². The highest BCUT2D eigenvalue weighted by atomic mass is 35.5. The van der Waals surface area contributed by atoms with E-state index in [4.69, 9.17) is 11.6 Å². The van der Waals surface area contributed by atoms with Gasteiger partial charge in [0, 0.05) is 28.6 Å². The molecule has 4 rings (SSSR count). The summed E-state index contributed by atoms with van der Waals surface area (Å²) >= 11 is 5.81. The van der Waals surface area contributed by atoms with E-state index in [1.165, 1.54) is 33.0 Å². The molecule has 2 aliphatic rings. The quantitative estimate of drug-likeness (QED) is 0.274. The van der Waals surface area contributed by atoms with Crippen molar-refractivity contribution >= 4 is 98.3 Å². The summed E-state index contributed by atoms with van der Waals surface area (Å²) in [6.07, 6.45) is 0. The van der Waals surface area contributed by atoms with Crippen LogP contribution >= 0.6 is 11.6 Å². The maximum Gasteiger partial charge on any atom is 0.348 e. The van der Waals surface area contributed by atoms with Crippen molar-refractivity contribution in [3.8, 4) is 0 Å². The summed E-state index contributed by atoms with van der Waals surface area (Å²) in [6, 6.07) is 9.79. The van der Waals surface area contributed by atoms with E-state index in [-0.39, 0.29) is 23.4 Å². The van der Waals surface area contributed by atoms with Gasteiger partial charge in [0.05, 0.1) is 5.44 Å². The lowest BCUT2D eigenvalue weighted by Gasteiger charge is -2.61. The highest BCUT2D eigenvalue weighted by molar-refractivity contribution is 6.68. The summed E-state index contributed by atoms with van der Waals surface area (Å²) in [6.45, 7) is 0.0943. The van der Waals surface area contributed by atoms with Crippen molar-refractivity contribution in [3.05, 3.63) is 69.7 Å². The van der Waals surface area contributed by atoms with E-state index in [1.807, 2.05) is 15.7 Å². The third kappa shape index (κ3) is 4.10. The van der Waals surface area contributed by atoms with Gasteiger partial charge >= 0.3 is 5.92 Å². The largest absolute Gasteiger partial charge is 0.389 e. The van der Waals surface area contributed by atoms with E-state index in [2.05, 4.69) is 0 Å². The van der Waals surface area contributed by atoms with Crippen molar-refractivity contribution in [2.75, 3.05) is 0 Å². The summed E-state index contributed by atoms with van der Waals surface area (Å²) in [7, 11) is 13.2. The molecule has 2 heterocycles. The Morgan fingerprint density at radius 1 is 1.00 bits per heavy atom. The fourth-order valence-corrected chi connectivity index (χ4v) is 5.93. The van der Waals surface area contributed by atoms with E-state index in [1.54, 1.807) is 49.6 Å². The van der Waals surface area contributed by atoms with E-state index < -0.39 is 45.1 Å². The number of piperidine rings is 1. The van der Waals surface area contributed by atoms with Crippen LogP contribution in [0.3, 0.4) is 0 Å². The van der Waals surface area contributed by atoms with Gasteiger partial charge in [-0.15, -0.1) is 0 Å². The molecule has 0 N–H and O–H groups in total. The van der Waals surface area contributed by atoms with Crippen LogP contribution < -0.4 is 0 Å². The number of amides is 4. The van der Waals surface area contributed by atoms with Gasteiger partial charge in [-0.05, 0) is 34.5 Å². The molecule has 18 heteroatoms. The molecule has 2 aliphatic heterocycles. The molecule has 0 aromatic heterocycles. The highest BCUT2D eigenvalue weighted by Gasteiger charge is 2.65. The summed E-state index contributed by atoms with van der Waals surface area (Å²) in [5.74, 6) is -7.02. The van der Waals surface area contributed by atoms with Crippen molar-refractivity contribution < 1.29 is 28.0 Å². The molecule has 0 spiro atoms. The molecule has 1 fully saturated rings. The van der Waals surface area contributed by atoms with Gasteiger partial charge in [0.15, 0.2) is 0 Å². The first-order valence-corrected chi connectivity index (χ1v) is 13.4. The molecule has 7 nitrogen and oxygen atoms in total. The first-order valence-electron chi connectivity index (χ1n) is 13.0. The highest BCUT2D eigenvalue weighted by Crippen LogP contribution is 2.57. The third-order valence-electron chi connectivity index (χ3n) is 9.67. The Morgan fingerprint density at radius 3 is 2.15 bits per heavy atom. The van der Waals surface area contributed by atoms with Gasteiger partial charge in [0.1, 0.15) is 47.1 Å². The minimum atomic E-state index is -3.77. The van der Waals surface area contributed by atoms with E-state index in [9.17, 15) is 19.2 Å². The molecule has 2 aromatic rings. The molecule has 0 radical (unpaired) electrons. The molecule has 0 bridgehead atoms. The Kier molecular flexibility index (Phi) is 7.27. The minimum Gasteiger partial charge on any atom is -0.389 e. The van der Waals surface area contributed by atoms with Gasteiger partial charge in [-0.3, -0.25) is 19.2 Å². The second kappa shape index (κ2) is 9.64.